The fraction of sp³-hybridized carbons (Fsp3) is 0.714. The lowest BCUT2D eigenvalue weighted by Gasteiger charge is -2.40. The van der Waals surface area contributed by atoms with Gasteiger partial charge in [0.1, 0.15) is 0 Å². The first kappa shape index (κ1) is 14.6. The largest absolute Gasteiger partial charge is 0.378 e. The predicted octanol–water partition coefficient (Wildman–Crippen LogP) is 1.50. The molecular formula is C14H22N4O2S. The van der Waals surface area contributed by atoms with E-state index in [-0.39, 0.29) is 12.1 Å². The third-order valence-corrected chi connectivity index (χ3v) is 5.05. The Labute approximate surface area is 129 Å². The zero-order valence-electron chi connectivity index (χ0n) is 12.4. The Balaban J connectivity index is 1.61. The molecule has 6 nitrogen and oxygen atoms in total. The average Bonchev–Trinajstić information content (AvgIpc) is 3.09. The van der Waals surface area contributed by atoms with Crippen molar-refractivity contribution in [2.24, 2.45) is 0 Å². The number of hydrogen-bond acceptors (Lipinski definition) is 5. The SMILES string of the molecule is CN(C(=O)N1CCOCC1)C1CCCN(c2nccs2)C1. The topological polar surface area (TPSA) is 48.9 Å². The van der Waals surface area contributed by atoms with Gasteiger partial charge in [0.05, 0.1) is 19.3 Å². The van der Waals surface area contributed by atoms with Gasteiger partial charge in [-0.25, -0.2) is 9.78 Å². The molecule has 0 bridgehead atoms. The van der Waals surface area contributed by atoms with E-state index in [0.717, 1.165) is 31.1 Å². The number of nitrogens with zero attached hydrogens (tertiary/aromatic N) is 4. The highest BCUT2D eigenvalue weighted by atomic mass is 32.1. The van der Waals surface area contributed by atoms with Crippen molar-refractivity contribution >= 4 is 22.5 Å². The van der Waals surface area contributed by atoms with E-state index < -0.39 is 0 Å². The van der Waals surface area contributed by atoms with Crippen molar-refractivity contribution in [3.05, 3.63) is 11.6 Å². The molecule has 2 aliphatic rings. The van der Waals surface area contributed by atoms with E-state index in [2.05, 4.69) is 9.88 Å². The number of morpholine rings is 1. The second-order valence-electron chi connectivity index (χ2n) is 5.55. The van der Waals surface area contributed by atoms with Crippen LogP contribution in [0.4, 0.5) is 9.93 Å². The molecule has 1 aromatic heterocycles. The molecule has 116 valence electrons. The van der Waals surface area contributed by atoms with Crippen LogP contribution in [0.1, 0.15) is 12.8 Å². The minimum absolute atomic E-state index is 0.129. The van der Waals surface area contributed by atoms with Gasteiger partial charge >= 0.3 is 6.03 Å². The zero-order valence-corrected chi connectivity index (χ0v) is 13.2. The van der Waals surface area contributed by atoms with Crippen LogP contribution < -0.4 is 4.90 Å². The van der Waals surface area contributed by atoms with E-state index in [0.29, 0.717) is 26.3 Å². The number of hydrogen-bond donors (Lipinski definition) is 0. The Kier molecular flexibility index (Phi) is 4.60. The molecule has 0 saturated carbocycles. The number of piperidine rings is 1. The van der Waals surface area contributed by atoms with Gasteiger partial charge in [-0.3, -0.25) is 0 Å². The van der Waals surface area contributed by atoms with Crippen LogP contribution in [-0.4, -0.2) is 73.3 Å². The maximum atomic E-state index is 12.6. The lowest BCUT2D eigenvalue weighted by molar-refractivity contribution is 0.0414. The van der Waals surface area contributed by atoms with Gasteiger partial charge in [-0.05, 0) is 12.8 Å². The summed E-state index contributed by atoms with van der Waals surface area (Å²) in [5.74, 6) is 0. The van der Waals surface area contributed by atoms with Gasteiger partial charge in [0.15, 0.2) is 5.13 Å². The van der Waals surface area contributed by atoms with Gasteiger partial charge in [0, 0.05) is 44.8 Å². The van der Waals surface area contributed by atoms with Crippen molar-refractivity contribution < 1.29 is 9.53 Å². The summed E-state index contributed by atoms with van der Waals surface area (Å²) in [6.45, 7) is 4.60. The maximum absolute atomic E-state index is 12.6. The molecule has 0 aliphatic carbocycles. The summed E-state index contributed by atoms with van der Waals surface area (Å²) in [6, 6.07) is 0.391. The number of urea groups is 1. The molecule has 0 aromatic carbocycles. The van der Waals surface area contributed by atoms with Gasteiger partial charge in [-0.2, -0.15) is 0 Å². The van der Waals surface area contributed by atoms with Gasteiger partial charge in [-0.1, -0.05) is 0 Å². The number of carbonyl (C=O) groups is 1. The van der Waals surface area contributed by atoms with Gasteiger partial charge in [0.2, 0.25) is 0 Å². The Bertz CT molecular complexity index is 462. The second-order valence-corrected chi connectivity index (χ2v) is 6.42. The summed E-state index contributed by atoms with van der Waals surface area (Å²) < 4.78 is 5.31. The van der Waals surface area contributed by atoms with E-state index in [9.17, 15) is 4.79 Å². The highest BCUT2D eigenvalue weighted by Crippen LogP contribution is 2.24. The van der Waals surface area contributed by atoms with E-state index in [1.165, 1.54) is 0 Å². The Morgan fingerprint density at radius 1 is 1.43 bits per heavy atom. The quantitative estimate of drug-likeness (QED) is 0.830. The summed E-state index contributed by atoms with van der Waals surface area (Å²) in [5, 5.41) is 3.06. The van der Waals surface area contributed by atoms with E-state index in [1.54, 1.807) is 11.3 Å². The van der Waals surface area contributed by atoms with Crippen LogP contribution in [0.3, 0.4) is 0 Å². The number of thiazole rings is 1. The molecule has 0 radical (unpaired) electrons. The molecule has 2 saturated heterocycles. The number of ether oxygens (including phenoxy) is 1. The number of amides is 2. The maximum Gasteiger partial charge on any atom is 0.320 e. The molecule has 1 aromatic rings. The number of likely N-dealkylation sites (N-methyl/N-ethyl adjacent to an activating group) is 1. The van der Waals surface area contributed by atoms with Crippen molar-refractivity contribution in [2.45, 2.75) is 18.9 Å². The van der Waals surface area contributed by atoms with Crippen molar-refractivity contribution in [1.29, 1.82) is 0 Å². The van der Waals surface area contributed by atoms with E-state index in [4.69, 9.17) is 4.74 Å². The molecule has 1 atom stereocenters. The molecule has 21 heavy (non-hydrogen) atoms. The molecular weight excluding hydrogens is 288 g/mol. The predicted molar refractivity (Wildman–Crippen MR) is 82.9 cm³/mol. The molecule has 0 N–H and O–H groups in total. The van der Waals surface area contributed by atoms with Crippen LogP contribution in [-0.2, 0) is 4.74 Å². The minimum atomic E-state index is 0.129. The monoisotopic (exact) mass is 310 g/mol. The normalized spacial score (nSPS) is 23.2. The van der Waals surface area contributed by atoms with E-state index in [1.807, 2.05) is 28.4 Å². The Morgan fingerprint density at radius 2 is 2.24 bits per heavy atom. The lowest BCUT2D eigenvalue weighted by Crippen LogP contribution is -2.54. The van der Waals surface area contributed by atoms with Crippen molar-refractivity contribution in [2.75, 3.05) is 51.3 Å². The van der Waals surface area contributed by atoms with E-state index >= 15 is 0 Å². The smallest absolute Gasteiger partial charge is 0.320 e. The first-order valence-corrected chi connectivity index (χ1v) is 8.37. The fourth-order valence-electron chi connectivity index (χ4n) is 2.95. The third kappa shape index (κ3) is 3.29. The summed E-state index contributed by atoms with van der Waals surface area (Å²) in [5.41, 5.74) is 0. The first-order valence-electron chi connectivity index (χ1n) is 7.49. The van der Waals surface area contributed by atoms with Gasteiger partial charge in [0.25, 0.3) is 0 Å². The second kappa shape index (κ2) is 6.62. The number of anilines is 1. The highest BCUT2D eigenvalue weighted by Gasteiger charge is 2.30. The van der Waals surface area contributed by atoms with Crippen molar-refractivity contribution in [1.82, 2.24) is 14.8 Å². The summed E-state index contributed by atoms with van der Waals surface area (Å²) >= 11 is 1.66. The van der Waals surface area contributed by atoms with Crippen LogP contribution in [0.5, 0.6) is 0 Å². The van der Waals surface area contributed by atoms with Crippen molar-refractivity contribution in [3.8, 4) is 0 Å². The molecule has 2 amide bonds. The van der Waals surface area contributed by atoms with Gasteiger partial charge in [-0.15, -0.1) is 11.3 Å². The highest BCUT2D eigenvalue weighted by molar-refractivity contribution is 7.13. The van der Waals surface area contributed by atoms with Crippen LogP contribution in [0.15, 0.2) is 11.6 Å². The molecule has 3 rings (SSSR count). The zero-order chi connectivity index (χ0) is 14.7. The molecule has 7 heteroatoms. The van der Waals surface area contributed by atoms with Gasteiger partial charge < -0.3 is 19.4 Å². The van der Waals surface area contributed by atoms with Crippen LogP contribution in [0, 0.1) is 0 Å². The summed E-state index contributed by atoms with van der Waals surface area (Å²) in [7, 11) is 1.92. The van der Waals surface area contributed by atoms with Crippen LogP contribution in [0.2, 0.25) is 0 Å². The average molecular weight is 310 g/mol. The summed E-state index contributed by atoms with van der Waals surface area (Å²) in [6.07, 6.45) is 4.01. The number of carbonyl (C=O) groups excluding carboxylic acids is 1. The first-order chi connectivity index (χ1) is 10.3. The lowest BCUT2D eigenvalue weighted by atomic mass is 10.1. The van der Waals surface area contributed by atoms with Crippen LogP contribution >= 0.6 is 11.3 Å². The van der Waals surface area contributed by atoms with Crippen LogP contribution in [0.25, 0.3) is 0 Å². The Morgan fingerprint density at radius 3 is 2.95 bits per heavy atom. The molecule has 2 aliphatic heterocycles. The molecule has 2 fully saturated rings. The molecule has 1 unspecified atom stereocenters. The molecule has 3 heterocycles. The summed E-state index contributed by atoms with van der Waals surface area (Å²) in [4.78, 5) is 23.0. The number of aromatic nitrogens is 1. The number of rotatable bonds is 2. The standard InChI is InChI=1S/C14H22N4O2S/c1-16(14(19)17-6-8-20-9-7-17)12-3-2-5-18(11-12)13-15-4-10-21-13/h4,10,12H,2-3,5-9,11H2,1H3. The molecule has 0 spiro atoms. The third-order valence-electron chi connectivity index (χ3n) is 4.22. The Hall–Kier alpha value is -1.34. The van der Waals surface area contributed by atoms with Crippen molar-refractivity contribution in [3.63, 3.8) is 0 Å². The fourth-order valence-corrected chi connectivity index (χ4v) is 3.63. The minimum Gasteiger partial charge on any atom is -0.378 e.